The molecule has 0 unspecified atom stereocenters. The summed E-state index contributed by atoms with van der Waals surface area (Å²) in [5.74, 6) is -1.31. The molecular formula is C24H16BrFN2O2S. The molecule has 3 aromatic rings. The molecule has 0 aliphatic carbocycles. The van der Waals surface area contributed by atoms with E-state index in [1.807, 2.05) is 30.3 Å². The summed E-state index contributed by atoms with van der Waals surface area (Å²) in [6.07, 6.45) is 2.08. The quantitative estimate of drug-likeness (QED) is 0.315. The molecule has 154 valence electrons. The van der Waals surface area contributed by atoms with Crippen LogP contribution in [0.2, 0.25) is 0 Å². The fraction of sp³-hybridized carbons (Fsp3) is 0.0417. The van der Waals surface area contributed by atoms with Crippen molar-refractivity contribution < 1.29 is 14.0 Å². The minimum atomic E-state index is -0.540. The number of carbonyl (C=O) groups excluding carboxylic acids is 2. The summed E-state index contributed by atoms with van der Waals surface area (Å²) in [7, 11) is 0. The molecule has 1 saturated heterocycles. The molecule has 0 bridgehead atoms. The molecule has 3 aromatic carbocycles. The van der Waals surface area contributed by atoms with Crippen LogP contribution in [-0.4, -0.2) is 16.9 Å². The van der Waals surface area contributed by atoms with E-state index in [0.29, 0.717) is 17.7 Å². The van der Waals surface area contributed by atoms with Gasteiger partial charge < -0.3 is 0 Å². The van der Waals surface area contributed by atoms with Gasteiger partial charge in [0.2, 0.25) is 0 Å². The van der Waals surface area contributed by atoms with Gasteiger partial charge in [-0.05, 0) is 71.7 Å². The van der Waals surface area contributed by atoms with E-state index < -0.39 is 11.8 Å². The summed E-state index contributed by atoms with van der Waals surface area (Å²) in [5.41, 5.74) is 3.05. The minimum absolute atomic E-state index is 0.0118. The number of rotatable bonds is 4. The molecule has 1 N–H and O–H groups in total. The zero-order valence-electron chi connectivity index (χ0n) is 16.1. The van der Waals surface area contributed by atoms with Crippen LogP contribution >= 0.6 is 28.1 Å². The predicted octanol–water partition coefficient (Wildman–Crippen LogP) is 5.01. The highest BCUT2D eigenvalue weighted by Crippen LogP contribution is 2.25. The molecule has 0 aromatic heterocycles. The van der Waals surface area contributed by atoms with Crippen LogP contribution in [-0.2, 0) is 16.0 Å². The molecule has 4 rings (SSSR count). The highest BCUT2D eigenvalue weighted by molar-refractivity contribution is 9.10. The maximum absolute atomic E-state index is 13.4. The number of thiocarbonyl (C=S) groups is 1. The van der Waals surface area contributed by atoms with Crippen LogP contribution < -0.4 is 10.2 Å². The standard InChI is InChI=1S/C24H16BrFN2O2S/c25-21-14-16(9-10-17(21)11-15-5-4-6-18(26)12-15)13-20-22(29)27-24(31)28(23(20)30)19-7-2-1-3-8-19/h1-10,12-14H,11H2,(H,27,29,31)/b20-13-. The third-order valence-electron chi connectivity index (χ3n) is 4.79. The fourth-order valence-electron chi connectivity index (χ4n) is 3.30. The van der Waals surface area contributed by atoms with Gasteiger partial charge in [0.25, 0.3) is 11.8 Å². The Hall–Kier alpha value is -3.16. The Balaban J connectivity index is 1.62. The lowest BCUT2D eigenvalue weighted by Crippen LogP contribution is -2.54. The second kappa shape index (κ2) is 8.91. The lowest BCUT2D eigenvalue weighted by atomic mass is 10.0. The van der Waals surface area contributed by atoms with Crippen molar-refractivity contribution in [2.75, 3.05) is 4.90 Å². The maximum atomic E-state index is 13.4. The third kappa shape index (κ3) is 4.62. The molecule has 7 heteroatoms. The molecule has 1 aliphatic rings. The van der Waals surface area contributed by atoms with Gasteiger partial charge in [-0.15, -0.1) is 0 Å². The van der Waals surface area contributed by atoms with Gasteiger partial charge in [-0.1, -0.05) is 58.4 Å². The van der Waals surface area contributed by atoms with Crippen LogP contribution in [0.4, 0.5) is 10.1 Å². The molecule has 0 radical (unpaired) electrons. The molecule has 0 saturated carbocycles. The van der Waals surface area contributed by atoms with E-state index >= 15 is 0 Å². The van der Waals surface area contributed by atoms with E-state index in [0.717, 1.165) is 15.6 Å². The molecule has 2 amide bonds. The molecule has 31 heavy (non-hydrogen) atoms. The summed E-state index contributed by atoms with van der Waals surface area (Å²) in [6, 6.07) is 20.9. The Morgan fingerprint density at radius 2 is 1.77 bits per heavy atom. The van der Waals surface area contributed by atoms with Crippen molar-refractivity contribution in [3.63, 3.8) is 0 Å². The number of nitrogens with one attached hydrogen (secondary N) is 1. The van der Waals surface area contributed by atoms with Crippen LogP contribution in [0.3, 0.4) is 0 Å². The predicted molar refractivity (Wildman–Crippen MR) is 126 cm³/mol. The van der Waals surface area contributed by atoms with Crippen molar-refractivity contribution in [2.45, 2.75) is 6.42 Å². The first-order chi connectivity index (χ1) is 14.9. The smallest absolute Gasteiger partial charge is 0.270 e. The van der Waals surface area contributed by atoms with Gasteiger partial charge in [0.15, 0.2) is 5.11 Å². The van der Waals surface area contributed by atoms with Gasteiger partial charge in [0, 0.05) is 4.47 Å². The van der Waals surface area contributed by atoms with Gasteiger partial charge in [-0.3, -0.25) is 19.8 Å². The van der Waals surface area contributed by atoms with E-state index in [-0.39, 0.29) is 16.5 Å². The first-order valence-electron chi connectivity index (χ1n) is 9.42. The van der Waals surface area contributed by atoms with E-state index in [2.05, 4.69) is 21.2 Å². The highest BCUT2D eigenvalue weighted by Gasteiger charge is 2.34. The van der Waals surface area contributed by atoms with Crippen LogP contribution in [0.25, 0.3) is 6.08 Å². The Bertz CT molecular complexity index is 1230. The van der Waals surface area contributed by atoms with E-state index in [1.54, 1.807) is 30.3 Å². The number of halogens is 2. The number of hydrogen-bond acceptors (Lipinski definition) is 3. The topological polar surface area (TPSA) is 49.4 Å². The van der Waals surface area contributed by atoms with E-state index in [4.69, 9.17) is 12.2 Å². The second-order valence-corrected chi connectivity index (χ2v) is 8.19. The second-order valence-electron chi connectivity index (χ2n) is 6.95. The number of benzene rings is 3. The average molecular weight is 495 g/mol. The Morgan fingerprint density at radius 3 is 2.48 bits per heavy atom. The number of anilines is 1. The van der Waals surface area contributed by atoms with Crippen molar-refractivity contribution in [3.8, 4) is 0 Å². The minimum Gasteiger partial charge on any atom is -0.298 e. The lowest BCUT2D eigenvalue weighted by Gasteiger charge is -2.28. The van der Waals surface area contributed by atoms with Crippen molar-refractivity contribution >= 4 is 56.8 Å². The van der Waals surface area contributed by atoms with Crippen molar-refractivity contribution in [1.82, 2.24) is 5.32 Å². The molecule has 1 aliphatic heterocycles. The Kier molecular flexibility index (Phi) is 6.06. The number of nitrogens with zero attached hydrogens (tertiary/aromatic N) is 1. The number of amides is 2. The van der Waals surface area contributed by atoms with Crippen molar-refractivity contribution in [3.05, 3.63) is 105 Å². The Labute approximate surface area is 192 Å². The van der Waals surface area contributed by atoms with Crippen molar-refractivity contribution in [2.24, 2.45) is 0 Å². The van der Waals surface area contributed by atoms with Crippen molar-refractivity contribution in [1.29, 1.82) is 0 Å². The summed E-state index contributed by atoms with van der Waals surface area (Å²) in [4.78, 5) is 26.8. The van der Waals surface area contributed by atoms with Gasteiger partial charge >= 0.3 is 0 Å². The Morgan fingerprint density at radius 1 is 1.00 bits per heavy atom. The van der Waals surface area contributed by atoms with Gasteiger partial charge in [0.05, 0.1) is 5.69 Å². The van der Waals surface area contributed by atoms with Crippen LogP contribution in [0, 0.1) is 5.82 Å². The monoisotopic (exact) mass is 494 g/mol. The SMILES string of the molecule is O=C1NC(=S)N(c2ccccc2)C(=O)/C1=C\c1ccc(Cc2cccc(F)c2)c(Br)c1. The third-order valence-corrected chi connectivity index (χ3v) is 5.81. The zero-order valence-corrected chi connectivity index (χ0v) is 18.5. The summed E-state index contributed by atoms with van der Waals surface area (Å²) >= 11 is 8.74. The summed E-state index contributed by atoms with van der Waals surface area (Å²) in [6.45, 7) is 0. The normalized spacial score (nSPS) is 15.4. The summed E-state index contributed by atoms with van der Waals surface area (Å²) in [5, 5.41) is 2.62. The van der Waals surface area contributed by atoms with Gasteiger partial charge in [0.1, 0.15) is 11.4 Å². The fourth-order valence-corrected chi connectivity index (χ4v) is 4.12. The van der Waals surface area contributed by atoms with E-state index in [9.17, 15) is 14.0 Å². The molecule has 1 heterocycles. The van der Waals surface area contributed by atoms with Gasteiger partial charge in [-0.2, -0.15) is 0 Å². The first-order valence-corrected chi connectivity index (χ1v) is 10.6. The maximum Gasteiger partial charge on any atom is 0.270 e. The lowest BCUT2D eigenvalue weighted by molar-refractivity contribution is -0.122. The van der Waals surface area contributed by atoms with Crippen LogP contribution in [0.5, 0.6) is 0 Å². The van der Waals surface area contributed by atoms with E-state index in [1.165, 1.54) is 23.1 Å². The molecule has 0 spiro atoms. The molecule has 4 nitrogen and oxygen atoms in total. The number of para-hydroxylation sites is 1. The number of carbonyl (C=O) groups is 2. The molecule has 0 atom stereocenters. The molecular weight excluding hydrogens is 479 g/mol. The number of hydrogen-bond donors (Lipinski definition) is 1. The zero-order chi connectivity index (χ0) is 22.0. The van der Waals surface area contributed by atoms with Crippen LogP contribution in [0.1, 0.15) is 16.7 Å². The first kappa shape index (κ1) is 21.1. The average Bonchev–Trinajstić information content (AvgIpc) is 2.74. The highest BCUT2D eigenvalue weighted by atomic mass is 79.9. The summed E-state index contributed by atoms with van der Waals surface area (Å²) < 4.78 is 14.2. The molecule has 1 fully saturated rings. The largest absolute Gasteiger partial charge is 0.298 e. The van der Waals surface area contributed by atoms with Crippen LogP contribution in [0.15, 0.2) is 82.8 Å². The van der Waals surface area contributed by atoms with Gasteiger partial charge in [-0.25, -0.2) is 4.39 Å².